The van der Waals surface area contributed by atoms with E-state index in [-0.39, 0.29) is 5.92 Å². The maximum Gasteiger partial charge on any atom is 0.156 e. The minimum atomic E-state index is -0.660. The number of allylic oxidation sites excluding steroid dienone is 6. The summed E-state index contributed by atoms with van der Waals surface area (Å²) in [6, 6.07) is 46.6. The summed E-state index contributed by atoms with van der Waals surface area (Å²) < 4.78 is 12.1. The lowest BCUT2D eigenvalue weighted by Gasteiger charge is -2.45. The summed E-state index contributed by atoms with van der Waals surface area (Å²) in [7, 11) is 0. The average Bonchev–Trinajstić information content (AvgIpc) is 3.75. The van der Waals surface area contributed by atoms with E-state index in [4.69, 9.17) is 10.5 Å². The van der Waals surface area contributed by atoms with Gasteiger partial charge in [0, 0.05) is 51.3 Å². The van der Waals surface area contributed by atoms with Gasteiger partial charge in [0.25, 0.3) is 0 Å². The molecule has 0 bridgehead atoms. The first-order valence-electron chi connectivity index (χ1n) is 19.3. The molecule has 4 heteroatoms. The maximum absolute atomic E-state index is 7.27. The van der Waals surface area contributed by atoms with Crippen molar-refractivity contribution >= 4 is 49.8 Å². The number of benzene rings is 6. The minimum Gasteiger partial charge on any atom is -0.454 e. The normalized spacial score (nSPS) is 17.8. The SMILES string of the molecule is C=C/C=C\C(=C/n1c2ccccc2c2ccc3c(c21)Oc1ccccc1C31c2ccccc2-n2c3ccccc3c3cccc1c32)C(CN)C1=CCCC=C1. The van der Waals surface area contributed by atoms with Crippen LogP contribution in [0.15, 0.2) is 182 Å². The molecule has 0 amide bonds. The third kappa shape index (κ3) is 4.31. The largest absolute Gasteiger partial charge is 0.454 e. The zero-order valence-corrected chi connectivity index (χ0v) is 30.5. The van der Waals surface area contributed by atoms with E-state index in [1.54, 1.807) is 0 Å². The summed E-state index contributed by atoms with van der Waals surface area (Å²) in [6.07, 6.45) is 17.2. The molecule has 55 heavy (non-hydrogen) atoms. The van der Waals surface area contributed by atoms with Gasteiger partial charge in [0.2, 0.25) is 0 Å². The predicted octanol–water partition coefficient (Wildman–Crippen LogP) is 12.1. The fourth-order valence-electron chi connectivity index (χ4n) is 9.93. The highest BCUT2D eigenvalue weighted by atomic mass is 16.5. The Morgan fingerprint density at radius 1 is 0.709 bits per heavy atom. The first kappa shape index (κ1) is 31.9. The van der Waals surface area contributed by atoms with Gasteiger partial charge >= 0.3 is 0 Å². The second kappa shape index (κ2) is 12.2. The Hall–Kier alpha value is -6.62. The standard InChI is InChI=1S/C51H39N3O/c1-2-3-16-34(39(31-52)33-17-5-4-6-18-33)32-53-44-25-11-7-19-35(44)38-29-30-43-50(49(38)53)55-47-28-14-10-23-41(47)51(43)40-22-9-13-27-46(40)54-45-26-12-8-20-36(45)37-21-15-24-42(51)48(37)54/h2-3,5,7-30,32,39H,1,4,6,31,52H2/b16-3-,34-32+. The van der Waals surface area contributed by atoms with Crippen molar-refractivity contribution in [2.24, 2.45) is 11.7 Å². The van der Waals surface area contributed by atoms with Crippen LogP contribution in [0.4, 0.5) is 0 Å². The van der Waals surface area contributed by atoms with E-state index in [2.05, 4.69) is 174 Å². The Morgan fingerprint density at radius 2 is 1.42 bits per heavy atom. The number of ether oxygens (including phenoxy) is 1. The highest BCUT2D eigenvalue weighted by Crippen LogP contribution is 2.61. The van der Waals surface area contributed by atoms with E-state index in [0.717, 1.165) is 57.5 Å². The van der Waals surface area contributed by atoms with E-state index in [1.165, 1.54) is 49.6 Å². The van der Waals surface area contributed by atoms with Crippen molar-refractivity contribution in [3.63, 3.8) is 0 Å². The molecule has 0 saturated heterocycles. The Labute approximate surface area is 320 Å². The fourth-order valence-corrected chi connectivity index (χ4v) is 9.93. The Balaban J connectivity index is 1.29. The lowest BCUT2D eigenvalue weighted by molar-refractivity contribution is 0.438. The summed E-state index contributed by atoms with van der Waals surface area (Å²) in [5, 5.41) is 4.82. The fraction of sp³-hybridized carbons (Fsp3) is 0.0980. The van der Waals surface area contributed by atoms with E-state index in [9.17, 15) is 0 Å². The molecule has 264 valence electrons. The van der Waals surface area contributed by atoms with Crippen molar-refractivity contribution in [3.8, 4) is 17.2 Å². The summed E-state index contributed by atoms with van der Waals surface area (Å²) in [5.74, 6) is 1.75. The Bertz CT molecular complexity index is 3040. The molecule has 2 atom stereocenters. The van der Waals surface area contributed by atoms with Gasteiger partial charge < -0.3 is 19.6 Å². The van der Waals surface area contributed by atoms with Gasteiger partial charge in [0.1, 0.15) is 5.75 Å². The quantitative estimate of drug-likeness (QED) is 0.175. The van der Waals surface area contributed by atoms with Crippen molar-refractivity contribution in [1.29, 1.82) is 0 Å². The van der Waals surface area contributed by atoms with Gasteiger partial charge in [-0.15, -0.1) is 0 Å². The van der Waals surface area contributed by atoms with Crippen LogP contribution in [-0.2, 0) is 5.41 Å². The molecule has 8 aromatic rings. The lowest BCUT2D eigenvalue weighted by Crippen LogP contribution is -2.37. The van der Waals surface area contributed by atoms with E-state index in [0.29, 0.717) is 6.54 Å². The molecule has 2 unspecified atom stereocenters. The molecular formula is C51H39N3O. The van der Waals surface area contributed by atoms with Crippen LogP contribution in [0.25, 0.3) is 55.5 Å². The lowest BCUT2D eigenvalue weighted by atomic mass is 9.61. The van der Waals surface area contributed by atoms with Crippen LogP contribution >= 0.6 is 0 Å². The van der Waals surface area contributed by atoms with E-state index >= 15 is 0 Å². The van der Waals surface area contributed by atoms with Crippen molar-refractivity contribution in [1.82, 2.24) is 9.13 Å². The monoisotopic (exact) mass is 709 g/mol. The summed E-state index contributed by atoms with van der Waals surface area (Å²) in [4.78, 5) is 0. The Kier molecular flexibility index (Phi) is 7.07. The van der Waals surface area contributed by atoms with E-state index in [1.807, 2.05) is 12.2 Å². The molecule has 2 N–H and O–H groups in total. The summed E-state index contributed by atoms with van der Waals surface area (Å²) in [6.45, 7) is 4.50. The highest BCUT2D eigenvalue weighted by Gasteiger charge is 2.51. The molecule has 1 aliphatic carbocycles. The van der Waals surface area contributed by atoms with Gasteiger partial charge in [-0.2, -0.15) is 0 Å². The molecule has 4 heterocycles. The number of aromatic nitrogens is 2. The average molecular weight is 710 g/mol. The molecule has 4 nitrogen and oxygen atoms in total. The van der Waals surface area contributed by atoms with Crippen LogP contribution in [0, 0.1) is 5.92 Å². The Morgan fingerprint density at radius 3 is 2.24 bits per heavy atom. The van der Waals surface area contributed by atoms with Crippen molar-refractivity contribution < 1.29 is 4.74 Å². The van der Waals surface area contributed by atoms with Crippen molar-refractivity contribution in [2.75, 3.05) is 6.54 Å². The second-order valence-electron chi connectivity index (χ2n) is 14.8. The number of nitrogens with two attached hydrogens (primary N) is 1. The van der Waals surface area contributed by atoms with Gasteiger partial charge in [0.15, 0.2) is 5.75 Å². The zero-order chi connectivity index (χ0) is 36.7. The van der Waals surface area contributed by atoms with Crippen LogP contribution in [-0.4, -0.2) is 15.7 Å². The number of hydrogen-bond donors (Lipinski definition) is 1. The molecule has 2 aromatic heterocycles. The smallest absolute Gasteiger partial charge is 0.156 e. The van der Waals surface area contributed by atoms with Crippen LogP contribution < -0.4 is 10.5 Å². The van der Waals surface area contributed by atoms with E-state index < -0.39 is 5.41 Å². The van der Waals surface area contributed by atoms with Gasteiger partial charge in [-0.3, -0.25) is 0 Å². The van der Waals surface area contributed by atoms with Crippen molar-refractivity contribution in [3.05, 3.63) is 204 Å². The molecular weight excluding hydrogens is 671 g/mol. The number of nitrogens with zero attached hydrogens (tertiary/aromatic N) is 2. The molecule has 0 fully saturated rings. The predicted molar refractivity (Wildman–Crippen MR) is 228 cm³/mol. The zero-order valence-electron chi connectivity index (χ0n) is 30.5. The summed E-state index contributed by atoms with van der Waals surface area (Å²) in [5.41, 5.74) is 18.9. The number of para-hydroxylation sites is 5. The molecule has 0 saturated carbocycles. The van der Waals surface area contributed by atoms with Crippen LogP contribution in [0.1, 0.15) is 35.1 Å². The first-order valence-corrected chi connectivity index (χ1v) is 19.3. The number of fused-ring (bicyclic) bond motifs is 15. The first-order chi connectivity index (χ1) is 27.2. The number of hydrogen-bond acceptors (Lipinski definition) is 2. The van der Waals surface area contributed by atoms with Gasteiger partial charge in [-0.25, -0.2) is 0 Å². The van der Waals surface area contributed by atoms with Gasteiger partial charge in [-0.1, -0.05) is 146 Å². The third-order valence-electron chi connectivity index (χ3n) is 12.1. The molecule has 1 spiro atoms. The molecule has 3 aliphatic rings. The molecule has 6 aromatic carbocycles. The maximum atomic E-state index is 7.27. The molecule has 2 aliphatic heterocycles. The highest BCUT2D eigenvalue weighted by molar-refractivity contribution is 6.14. The number of rotatable bonds is 6. The van der Waals surface area contributed by atoms with Crippen LogP contribution in [0.5, 0.6) is 11.5 Å². The van der Waals surface area contributed by atoms with Crippen LogP contribution in [0.3, 0.4) is 0 Å². The minimum absolute atomic E-state index is 0.0150. The van der Waals surface area contributed by atoms with Crippen molar-refractivity contribution in [2.45, 2.75) is 18.3 Å². The van der Waals surface area contributed by atoms with Crippen LogP contribution in [0.2, 0.25) is 0 Å². The molecule has 11 rings (SSSR count). The molecule has 0 radical (unpaired) electrons. The second-order valence-corrected chi connectivity index (χ2v) is 14.8. The third-order valence-corrected chi connectivity index (χ3v) is 12.1. The topological polar surface area (TPSA) is 45.1 Å². The van der Waals surface area contributed by atoms with Gasteiger partial charge in [0.05, 0.1) is 33.2 Å². The summed E-state index contributed by atoms with van der Waals surface area (Å²) >= 11 is 0. The van der Waals surface area contributed by atoms with Gasteiger partial charge in [-0.05, 0) is 59.4 Å².